The number of carbonyl (C=O) groups excluding carboxylic acids is 4. The van der Waals surface area contributed by atoms with Crippen LogP contribution in [0.15, 0.2) is 12.5 Å². The summed E-state index contributed by atoms with van der Waals surface area (Å²) in [5.74, 6) is -6.51. The number of primary amides is 1. The summed E-state index contributed by atoms with van der Waals surface area (Å²) in [6.45, 7) is 3.54. The number of aliphatic carboxylic acids is 2. The second-order valence-corrected chi connectivity index (χ2v) is 8.32. The van der Waals surface area contributed by atoms with Gasteiger partial charge >= 0.3 is 11.9 Å². The molecule has 1 aromatic heterocycles. The zero-order valence-electron chi connectivity index (χ0n) is 20.0. The molecule has 10 N–H and O–H groups in total. The van der Waals surface area contributed by atoms with Gasteiger partial charge in [0, 0.05) is 24.7 Å². The maximum atomic E-state index is 12.9. The fourth-order valence-electron chi connectivity index (χ4n) is 3.09. The number of H-pyrrole nitrogens is 1. The molecular formula is C21H33N7O8. The Bertz CT molecular complexity index is 937. The van der Waals surface area contributed by atoms with Crippen molar-refractivity contribution in [3.63, 3.8) is 0 Å². The quantitative estimate of drug-likeness (QED) is 0.117. The van der Waals surface area contributed by atoms with E-state index in [9.17, 15) is 33.9 Å². The molecule has 0 radical (unpaired) electrons. The summed E-state index contributed by atoms with van der Waals surface area (Å²) in [5.41, 5.74) is 11.5. The maximum Gasteiger partial charge on any atom is 0.326 e. The van der Waals surface area contributed by atoms with Crippen molar-refractivity contribution in [1.29, 1.82) is 0 Å². The van der Waals surface area contributed by atoms with E-state index in [1.54, 1.807) is 6.92 Å². The SMILES string of the molecule is CCC(C)C(N)C(=O)NC(CCC(=O)O)C(=O)NC(CC(N)=O)C(=O)NC(Cc1cnc[nH]1)C(=O)O. The monoisotopic (exact) mass is 511 g/mol. The van der Waals surface area contributed by atoms with Gasteiger partial charge in [-0.2, -0.15) is 0 Å². The van der Waals surface area contributed by atoms with Crippen molar-refractivity contribution in [1.82, 2.24) is 25.9 Å². The Morgan fingerprint density at radius 1 is 1.00 bits per heavy atom. The Kier molecular flexibility index (Phi) is 12.0. The van der Waals surface area contributed by atoms with Crippen molar-refractivity contribution in [3.8, 4) is 0 Å². The Hall–Kier alpha value is -4.01. The summed E-state index contributed by atoms with van der Waals surface area (Å²) in [5, 5.41) is 25.3. The lowest BCUT2D eigenvalue weighted by Crippen LogP contribution is -2.58. The number of aromatic amines is 1. The zero-order valence-corrected chi connectivity index (χ0v) is 20.0. The van der Waals surface area contributed by atoms with Crippen LogP contribution in [-0.4, -0.2) is 79.9 Å². The first-order valence-electron chi connectivity index (χ1n) is 11.2. The fraction of sp³-hybridized carbons (Fsp3) is 0.571. The first kappa shape index (κ1) is 30.0. The third-order valence-corrected chi connectivity index (χ3v) is 5.47. The van der Waals surface area contributed by atoms with Crippen LogP contribution in [0.3, 0.4) is 0 Å². The smallest absolute Gasteiger partial charge is 0.326 e. The minimum atomic E-state index is -1.59. The van der Waals surface area contributed by atoms with E-state index >= 15 is 0 Å². The summed E-state index contributed by atoms with van der Waals surface area (Å²) in [6.07, 6.45) is 1.60. The van der Waals surface area contributed by atoms with E-state index in [1.807, 2.05) is 6.92 Å². The second kappa shape index (κ2) is 14.4. The summed E-state index contributed by atoms with van der Waals surface area (Å²) >= 11 is 0. The molecule has 0 aliphatic rings. The zero-order chi connectivity index (χ0) is 27.4. The maximum absolute atomic E-state index is 12.9. The van der Waals surface area contributed by atoms with Crippen molar-refractivity contribution in [2.45, 2.75) is 70.1 Å². The number of rotatable bonds is 16. The molecule has 0 fully saturated rings. The molecule has 5 unspecified atom stereocenters. The molecule has 1 heterocycles. The fourth-order valence-corrected chi connectivity index (χ4v) is 3.09. The third-order valence-electron chi connectivity index (χ3n) is 5.47. The minimum absolute atomic E-state index is 0.164. The highest BCUT2D eigenvalue weighted by Crippen LogP contribution is 2.08. The Balaban J connectivity index is 3.03. The molecule has 0 saturated heterocycles. The van der Waals surface area contributed by atoms with Crippen LogP contribution in [0.2, 0.25) is 0 Å². The summed E-state index contributed by atoms with van der Waals surface area (Å²) < 4.78 is 0. The van der Waals surface area contributed by atoms with Crippen LogP contribution >= 0.6 is 0 Å². The molecule has 0 spiro atoms. The van der Waals surface area contributed by atoms with Gasteiger partial charge in [0.2, 0.25) is 23.6 Å². The number of carboxylic acids is 2. The van der Waals surface area contributed by atoms with Gasteiger partial charge in [0.1, 0.15) is 18.1 Å². The number of nitrogens with zero attached hydrogens (tertiary/aromatic N) is 1. The molecule has 0 aliphatic heterocycles. The Labute approximate surface area is 206 Å². The van der Waals surface area contributed by atoms with Crippen molar-refractivity contribution in [3.05, 3.63) is 18.2 Å². The van der Waals surface area contributed by atoms with E-state index in [0.717, 1.165) is 0 Å². The highest BCUT2D eigenvalue weighted by molar-refractivity contribution is 5.96. The molecule has 36 heavy (non-hydrogen) atoms. The van der Waals surface area contributed by atoms with Crippen molar-refractivity contribution in [2.24, 2.45) is 17.4 Å². The van der Waals surface area contributed by atoms with Crippen LogP contribution < -0.4 is 27.4 Å². The van der Waals surface area contributed by atoms with Gasteiger partial charge < -0.3 is 42.6 Å². The molecule has 0 aromatic carbocycles. The average Bonchev–Trinajstić information content (AvgIpc) is 3.32. The van der Waals surface area contributed by atoms with E-state index < -0.39 is 72.6 Å². The number of imidazole rings is 1. The third kappa shape index (κ3) is 10.1. The number of nitrogens with one attached hydrogen (secondary N) is 4. The van der Waals surface area contributed by atoms with Crippen LogP contribution in [0.25, 0.3) is 0 Å². The predicted octanol–water partition coefficient (Wildman–Crippen LogP) is -2.40. The first-order valence-corrected chi connectivity index (χ1v) is 11.2. The summed E-state index contributed by atoms with van der Waals surface area (Å²) in [4.78, 5) is 78.8. The number of aromatic nitrogens is 2. The van der Waals surface area contributed by atoms with Gasteiger partial charge in [-0.15, -0.1) is 0 Å². The molecule has 1 rings (SSSR count). The highest BCUT2D eigenvalue weighted by atomic mass is 16.4. The molecule has 0 saturated carbocycles. The van der Waals surface area contributed by atoms with Crippen molar-refractivity contribution < 1.29 is 39.0 Å². The Morgan fingerprint density at radius 2 is 1.58 bits per heavy atom. The van der Waals surface area contributed by atoms with E-state index in [1.165, 1.54) is 12.5 Å². The number of hydrogen-bond acceptors (Lipinski definition) is 8. The molecule has 200 valence electrons. The van der Waals surface area contributed by atoms with Gasteiger partial charge in [-0.1, -0.05) is 20.3 Å². The normalized spacial score (nSPS) is 15.0. The average molecular weight is 512 g/mol. The topological polar surface area (TPSA) is 260 Å². The molecule has 1 aromatic rings. The first-order chi connectivity index (χ1) is 16.8. The van der Waals surface area contributed by atoms with Crippen LogP contribution in [0.5, 0.6) is 0 Å². The van der Waals surface area contributed by atoms with Gasteiger partial charge in [-0.25, -0.2) is 9.78 Å². The lowest BCUT2D eigenvalue weighted by atomic mass is 9.98. The van der Waals surface area contributed by atoms with Crippen LogP contribution in [0.4, 0.5) is 0 Å². The molecule has 4 amide bonds. The van der Waals surface area contributed by atoms with Gasteiger partial charge in [0.15, 0.2) is 0 Å². The minimum Gasteiger partial charge on any atom is -0.481 e. The highest BCUT2D eigenvalue weighted by Gasteiger charge is 2.32. The van der Waals surface area contributed by atoms with Gasteiger partial charge in [0.25, 0.3) is 0 Å². The number of carbonyl (C=O) groups is 6. The van der Waals surface area contributed by atoms with E-state index in [4.69, 9.17) is 16.6 Å². The summed E-state index contributed by atoms with van der Waals surface area (Å²) in [7, 11) is 0. The number of hydrogen-bond donors (Lipinski definition) is 8. The number of nitrogens with two attached hydrogens (primary N) is 2. The van der Waals surface area contributed by atoms with Crippen LogP contribution in [0, 0.1) is 5.92 Å². The van der Waals surface area contributed by atoms with E-state index in [-0.39, 0.29) is 18.8 Å². The molecule has 0 bridgehead atoms. The molecule has 5 atom stereocenters. The van der Waals surface area contributed by atoms with Gasteiger partial charge in [-0.05, 0) is 12.3 Å². The van der Waals surface area contributed by atoms with Gasteiger partial charge in [0.05, 0.1) is 18.8 Å². The lowest BCUT2D eigenvalue weighted by Gasteiger charge is -2.25. The molecule has 0 aliphatic carbocycles. The number of carboxylic acid groups (broad SMARTS) is 2. The predicted molar refractivity (Wildman–Crippen MR) is 124 cm³/mol. The Morgan fingerprint density at radius 3 is 2.08 bits per heavy atom. The van der Waals surface area contributed by atoms with Crippen molar-refractivity contribution in [2.75, 3.05) is 0 Å². The molecule has 15 heteroatoms. The summed E-state index contributed by atoms with van der Waals surface area (Å²) in [6, 6.07) is -5.39. The molecular weight excluding hydrogens is 478 g/mol. The second-order valence-electron chi connectivity index (χ2n) is 8.32. The van der Waals surface area contributed by atoms with Crippen LogP contribution in [-0.2, 0) is 35.2 Å². The van der Waals surface area contributed by atoms with Crippen molar-refractivity contribution >= 4 is 35.6 Å². The largest absolute Gasteiger partial charge is 0.481 e. The van der Waals surface area contributed by atoms with Crippen LogP contribution in [0.1, 0.15) is 45.2 Å². The van der Waals surface area contributed by atoms with E-state index in [0.29, 0.717) is 12.1 Å². The standard InChI is InChI=1S/C21H33N7O8/c1-3-10(2)17(23)20(34)26-12(4-5-16(30)31)18(32)27-13(7-15(22)29)19(33)28-14(21(35)36)6-11-8-24-9-25-11/h8-10,12-14,17H,3-7,23H2,1-2H3,(H2,22,29)(H,24,25)(H,26,34)(H,27,32)(H,28,33)(H,30,31)(H,35,36). The van der Waals surface area contributed by atoms with Gasteiger partial charge in [-0.3, -0.25) is 24.0 Å². The lowest BCUT2D eigenvalue weighted by molar-refractivity contribution is -0.142. The van der Waals surface area contributed by atoms with E-state index in [2.05, 4.69) is 25.9 Å². The number of amides is 4. The molecule has 15 nitrogen and oxygen atoms in total.